The first-order chi connectivity index (χ1) is 16.0. The van der Waals surface area contributed by atoms with E-state index in [9.17, 15) is 4.79 Å². The van der Waals surface area contributed by atoms with Gasteiger partial charge < -0.3 is 19.9 Å². The second kappa shape index (κ2) is 9.09. The van der Waals surface area contributed by atoms with Gasteiger partial charge in [0.25, 0.3) is 5.91 Å². The summed E-state index contributed by atoms with van der Waals surface area (Å²) in [5.41, 5.74) is 2.89. The van der Waals surface area contributed by atoms with Crippen LogP contribution in [-0.4, -0.2) is 57.5 Å². The summed E-state index contributed by atoms with van der Waals surface area (Å²) in [7, 11) is 1.63. The molecule has 0 spiro atoms. The summed E-state index contributed by atoms with van der Waals surface area (Å²) in [6.07, 6.45) is 5.45. The lowest BCUT2D eigenvalue weighted by molar-refractivity contribution is 0.0799. The summed E-state index contributed by atoms with van der Waals surface area (Å²) < 4.78 is 6.12. The summed E-state index contributed by atoms with van der Waals surface area (Å²) >= 11 is 9.68. The molecule has 33 heavy (non-hydrogen) atoms. The Balaban J connectivity index is 1.49. The van der Waals surface area contributed by atoms with Crippen molar-refractivity contribution >= 4 is 61.2 Å². The normalized spacial score (nSPS) is 14.3. The molecule has 0 radical (unpaired) electrons. The number of methoxy groups -OCH3 is 1. The highest BCUT2D eigenvalue weighted by atomic mass is 79.9. The smallest absolute Gasteiger partial charge is 0.255 e. The van der Waals surface area contributed by atoms with Gasteiger partial charge in [-0.25, -0.2) is 15.0 Å². The number of rotatable bonds is 6. The predicted molar refractivity (Wildman–Crippen MR) is 132 cm³/mol. The van der Waals surface area contributed by atoms with Crippen LogP contribution < -0.4 is 5.32 Å². The number of fused-ring (bicyclic) bond motifs is 2. The van der Waals surface area contributed by atoms with Crippen molar-refractivity contribution in [3.05, 3.63) is 69.7 Å². The van der Waals surface area contributed by atoms with Crippen molar-refractivity contribution in [1.29, 1.82) is 0 Å². The SMILES string of the molecule is COCC(Nc1ncnc2cc(C(=O)N3CC=CC3)c(Br)cc12)c1nc2ccc(Cl)cc2[nH]1. The molecule has 3 heterocycles. The van der Waals surface area contributed by atoms with Crippen LogP contribution in [0.2, 0.25) is 5.02 Å². The van der Waals surface area contributed by atoms with Gasteiger partial charge >= 0.3 is 0 Å². The number of carbonyl (C=O) groups excluding carboxylic acids is 1. The minimum Gasteiger partial charge on any atom is -0.382 e. The molecule has 1 aliphatic heterocycles. The van der Waals surface area contributed by atoms with E-state index in [4.69, 9.17) is 16.3 Å². The first kappa shape index (κ1) is 21.8. The summed E-state index contributed by atoms with van der Waals surface area (Å²) in [6, 6.07) is 8.88. The van der Waals surface area contributed by atoms with Crippen LogP contribution in [0.1, 0.15) is 22.2 Å². The van der Waals surface area contributed by atoms with Gasteiger partial charge in [-0.2, -0.15) is 0 Å². The second-order valence-corrected chi connectivity index (χ2v) is 8.98. The van der Waals surface area contributed by atoms with Crippen LogP contribution in [0.15, 0.2) is 53.3 Å². The molecule has 10 heteroatoms. The van der Waals surface area contributed by atoms with E-state index in [1.165, 1.54) is 6.33 Å². The molecule has 4 aromatic rings. The zero-order valence-corrected chi connectivity index (χ0v) is 20.0. The Bertz CT molecular complexity index is 1380. The standard InChI is InChI=1S/C23H20BrClN6O2/c1-33-11-20(22-28-17-5-4-13(25)8-19(17)29-22)30-21-15-9-16(24)14(10-18(15)26-12-27-21)23(32)31-6-2-3-7-31/h2-5,8-10,12,20H,6-7,11H2,1H3,(H,28,29)(H,26,27,30). The second-order valence-electron chi connectivity index (χ2n) is 7.69. The Labute approximate surface area is 203 Å². The Morgan fingerprint density at radius 3 is 2.85 bits per heavy atom. The quantitative estimate of drug-likeness (QED) is 0.352. The average Bonchev–Trinajstić information content (AvgIpc) is 3.48. The lowest BCUT2D eigenvalue weighted by Crippen LogP contribution is -2.28. The molecule has 0 fully saturated rings. The third-order valence-corrected chi connectivity index (χ3v) is 6.39. The average molecular weight is 528 g/mol. The topological polar surface area (TPSA) is 96.0 Å². The van der Waals surface area contributed by atoms with E-state index in [-0.39, 0.29) is 11.9 Å². The number of halogens is 2. The Kier molecular flexibility index (Phi) is 6.01. The Hall–Kier alpha value is -3.01. The maximum absolute atomic E-state index is 12.9. The van der Waals surface area contributed by atoms with Crippen molar-refractivity contribution in [3.63, 3.8) is 0 Å². The molecule has 168 valence electrons. The van der Waals surface area contributed by atoms with Gasteiger partial charge in [-0.15, -0.1) is 0 Å². The summed E-state index contributed by atoms with van der Waals surface area (Å²) in [6.45, 7) is 1.58. The molecule has 0 bridgehead atoms. The largest absolute Gasteiger partial charge is 0.382 e. The number of hydrogen-bond donors (Lipinski definition) is 2. The van der Waals surface area contributed by atoms with Crippen molar-refractivity contribution < 1.29 is 9.53 Å². The van der Waals surface area contributed by atoms with Gasteiger partial charge in [0.15, 0.2) is 0 Å². The van der Waals surface area contributed by atoms with Crippen molar-refractivity contribution in [1.82, 2.24) is 24.8 Å². The van der Waals surface area contributed by atoms with Crippen LogP contribution in [0.25, 0.3) is 21.9 Å². The van der Waals surface area contributed by atoms with Gasteiger partial charge in [-0.05, 0) is 46.3 Å². The molecule has 2 aromatic carbocycles. The lowest BCUT2D eigenvalue weighted by atomic mass is 10.1. The minimum absolute atomic E-state index is 0.0416. The van der Waals surface area contributed by atoms with Gasteiger partial charge in [0.1, 0.15) is 24.0 Å². The van der Waals surface area contributed by atoms with E-state index >= 15 is 0 Å². The predicted octanol–water partition coefficient (Wildman–Crippen LogP) is 4.73. The number of aromatic nitrogens is 4. The van der Waals surface area contributed by atoms with Crippen LogP contribution in [0, 0.1) is 0 Å². The molecule has 5 rings (SSSR count). The number of nitrogens with zero attached hydrogens (tertiary/aromatic N) is 4. The summed E-state index contributed by atoms with van der Waals surface area (Å²) in [5, 5.41) is 4.83. The van der Waals surface area contributed by atoms with Crippen molar-refractivity contribution in [2.75, 3.05) is 32.1 Å². The van der Waals surface area contributed by atoms with Crippen molar-refractivity contribution in [2.45, 2.75) is 6.04 Å². The number of anilines is 1. The van der Waals surface area contributed by atoms with E-state index in [2.05, 4.69) is 41.2 Å². The van der Waals surface area contributed by atoms with E-state index in [0.29, 0.717) is 51.9 Å². The maximum Gasteiger partial charge on any atom is 0.255 e. The third-order valence-electron chi connectivity index (χ3n) is 5.50. The third kappa shape index (κ3) is 4.31. The lowest BCUT2D eigenvalue weighted by Gasteiger charge is -2.19. The molecular formula is C23H20BrClN6O2. The number of ether oxygens (including phenoxy) is 1. The minimum atomic E-state index is -0.296. The molecule has 8 nitrogen and oxygen atoms in total. The fraction of sp³-hybridized carbons (Fsp3) is 0.217. The zero-order chi connectivity index (χ0) is 22.9. The molecule has 2 N–H and O–H groups in total. The first-order valence-electron chi connectivity index (χ1n) is 10.3. The molecule has 2 aromatic heterocycles. The number of imidazole rings is 1. The highest BCUT2D eigenvalue weighted by Gasteiger charge is 2.22. The summed E-state index contributed by atoms with van der Waals surface area (Å²) in [4.78, 5) is 31.5. The molecule has 0 aliphatic carbocycles. The number of amides is 1. The highest BCUT2D eigenvalue weighted by molar-refractivity contribution is 9.10. The monoisotopic (exact) mass is 526 g/mol. The van der Waals surface area contributed by atoms with Crippen LogP contribution in [0.5, 0.6) is 0 Å². The van der Waals surface area contributed by atoms with E-state index in [1.54, 1.807) is 24.1 Å². The van der Waals surface area contributed by atoms with E-state index in [0.717, 1.165) is 16.4 Å². The zero-order valence-electron chi connectivity index (χ0n) is 17.7. The maximum atomic E-state index is 12.9. The fourth-order valence-corrected chi connectivity index (χ4v) is 4.54. The van der Waals surface area contributed by atoms with Gasteiger partial charge in [-0.3, -0.25) is 4.79 Å². The highest BCUT2D eigenvalue weighted by Crippen LogP contribution is 2.30. The van der Waals surface area contributed by atoms with Crippen LogP contribution >= 0.6 is 27.5 Å². The first-order valence-corrected chi connectivity index (χ1v) is 11.5. The van der Waals surface area contributed by atoms with E-state index in [1.807, 2.05) is 30.4 Å². The van der Waals surface area contributed by atoms with Gasteiger partial charge in [0, 0.05) is 35.1 Å². The summed E-state index contributed by atoms with van der Waals surface area (Å²) in [5.74, 6) is 1.27. The fourth-order valence-electron chi connectivity index (χ4n) is 3.86. The van der Waals surface area contributed by atoms with Gasteiger partial charge in [-0.1, -0.05) is 23.8 Å². The number of nitrogens with one attached hydrogen (secondary N) is 2. The van der Waals surface area contributed by atoms with Gasteiger partial charge in [0.05, 0.1) is 28.7 Å². The molecule has 1 unspecified atom stereocenters. The van der Waals surface area contributed by atoms with Crippen molar-refractivity contribution in [3.8, 4) is 0 Å². The number of carbonyl (C=O) groups is 1. The molecule has 0 saturated carbocycles. The van der Waals surface area contributed by atoms with Gasteiger partial charge in [0.2, 0.25) is 0 Å². The van der Waals surface area contributed by atoms with Crippen LogP contribution in [-0.2, 0) is 4.74 Å². The molecule has 1 aliphatic rings. The molecule has 0 saturated heterocycles. The molecule has 1 amide bonds. The van der Waals surface area contributed by atoms with Crippen LogP contribution in [0.3, 0.4) is 0 Å². The number of hydrogen-bond acceptors (Lipinski definition) is 6. The number of aromatic amines is 1. The van der Waals surface area contributed by atoms with Crippen LogP contribution in [0.4, 0.5) is 5.82 Å². The molecule has 1 atom stereocenters. The van der Waals surface area contributed by atoms with E-state index < -0.39 is 0 Å². The number of H-pyrrole nitrogens is 1. The molecular weight excluding hydrogens is 508 g/mol. The Morgan fingerprint density at radius 1 is 1.24 bits per heavy atom. The van der Waals surface area contributed by atoms with Crippen molar-refractivity contribution in [2.24, 2.45) is 0 Å². The number of benzene rings is 2. The Morgan fingerprint density at radius 2 is 2.06 bits per heavy atom.